The highest BCUT2D eigenvalue weighted by atomic mass is 16.6. The number of carbonyl (C=O) groups is 2. The van der Waals surface area contributed by atoms with Gasteiger partial charge < -0.3 is 25.5 Å². The second-order valence-corrected chi connectivity index (χ2v) is 12.6. The van der Waals surface area contributed by atoms with Gasteiger partial charge >= 0.3 is 5.97 Å². The number of oxime groups is 1. The van der Waals surface area contributed by atoms with Crippen molar-refractivity contribution in [3.63, 3.8) is 0 Å². The van der Waals surface area contributed by atoms with Crippen LogP contribution in [0, 0.1) is 40.9 Å². The van der Waals surface area contributed by atoms with Crippen LogP contribution in [0.3, 0.4) is 0 Å². The lowest BCUT2D eigenvalue weighted by Gasteiger charge is -2.58. The van der Waals surface area contributed by atoms with Crippen molar-refractivity contribution in [3.05, 3.63) is 47.5 Å². The molecule has 0 unspecified atom stereocenters. The lowest BCUT2D eigenvalue weighted by Crippen LogP contribution is -2.54. The molecule has 4 N–H and O–H groups in total. The minimum atomic E-state index is -1.51. The van der Waals surface area contributed by atoms with Crippen LogP contribution in [-0.2, 0) is 14.4 Å². The van der Waals surface area contributed by atoms with Gasteiger partial charge in [-0.3, -0.25) is 4.79 Å². The van der Waals surface area contributed by atoms with Crippen molar-refractivity contribution in [2.24, 2.45) is 33.7 Å². The number of nitrogens with zero attached hydrogens (tertiary/aromatic N) is 1. The number of rotatable bonds is 7. The molecule has 4 aliphatic carbocycles. The van der Waals surface area contributed by atoms with Gasteiger partial charge in [0.1, 0.15) is 11.7 Å². The van der Waals surface area contributed by atoms with Crippen molar-refractivity contribution in [1.29, 1.82) is 0 Å². The number of aliphatic carboxylic acids is 1. The van der Waals surface area contributed by atoms with Gasteiger partial charge in [-0.1, -0.05) is 60.8 Å². The number of amides is 1. The first-order valence-electron chi connectivity index (χ1n) is 14.4. The zero-order chi connectivity index (χ0) is 28.7. The molecular weight excluding hydrogens is 508 g/mol. The van der Waals surface area contributed by atoms with Crippen LogP contribution >= 0.6 is 0 Å². The predicted octanol–water partition coefficient (Wildman–Crippen LogP) is 3.99. The Labute approximate surface area is 235 Å². The Kier molecular flexibility index (Phi) is 7.58. The van der Waals surface area contributed by atoms with E-state index in [2.05, 4.69) is 36.3 Å². The largest absolute Gasteiger partial charge is 0.480 e. The quantitative estimate of drug-likeness (QED) is 0.301. The molecule has 0 saturated heterocycles. The van der Waals surface area contributed by atoms with Crippen molar-refractivity contribution in [3.8, 4) is 12.3 Å². The van der Waals surface area contributed by atoms with Gasteiger partial charge in [-0.05, 0) is 86.2 Å². The van der Waals surface area contributed by atoms with Crippen molar-refractivity contribution < 1.29 is 29.7 Å². The number of hydrogen-bond donors (Lipinski definition) is 4. The fourth-order valence-electron chi connectivity index (χ4n) is 8.40. The third kappa shape index (κ3) is 4.73. The molecule has 214 valence electrons. The maximum absolute atomic E-state index is 12.4. The van der Waals surface area contributed by atoms with Crippen molar-refractivity contribution in [1.82, 2.24) is 5.32 Å². The molecule has 4 aliphatic rings. The SMILES string of the molecule is C#C[C@]1(O)CC[C@@H]2[C@H]3CCC4=CC(=NOCC(=O)N[C@H](C(=O)O)[C@@H](O)c5ccccc5)CC[C@]4(C)[C@H]3CC[C@]21C. The number of allylic oxidation sites excluding steroid dienone is 2. The first-order chi connectivity index (χ1) is 19.0. The van der Waals surface area contributed by atoms with Gasteiger partial charge in [0.05, 0.1) is 5.71 Å². The van der Waals surface area contributed by atoms with Gasteiger partial charge in [0, 0.05) is 5.41 Å². The third-order valence-corrected chi connectivity index (χ3v) is 10.8. The van der Waals surface area contributed by atoms with E-state index < -0.39 is 36.2 Å². The van der Waals surface area contributed by atoms with E-state index in [9.17, 15) is 24.9 Å². The first kappa shape index (κ1) is 28.4. The Morgan fingerprint density at radius 1 is 1.12 bits per heavy atom. The van der Waals surface area contributed by atoms with Crippen LogP contribution in [0.4, 0.5) is 0 Å². The fraction of sp³-hybridized carbons (Fsp3) is 0.594. The Morgan fingerprint density at radius 2 is 1.85 bits per heavy atom. The summed E-state index contributed by atoms with van der Waals surface area (Å²) in [6.07, 6.45) is 13.9. The van der Waals surface area contributed by atoms with Crippen molar-refractivity contribution in [2.45, 2.75) is 83.0 Å². The number of terminal acetylenes is 1. The summed E-state index contributed by atoms with van der Waals surface area (Å²) in [6, 6.07) is 6.83. The molecule has 8 heteroatoms. The number of carbonyl (C=O) groups excluding carboxylic acids is 1. The highest BCUT2D eigenvalue weighted by Crippen LogP contribution is 2.67. The summed E-state index contributed by atoms with van der Waals surface area (Å²) in [5.74, 6) is 2.27. The highest BCUT2D eigenvalue weighted by Gasteiger charge is 2.63. The molecule has 8 nitrogen and oxygen atoms in total. The monoisotopic (exact) mass is 548 g/mol. The van der Waals surface area contributed by atoms with Crippen LogP contribution in [0.5, 0.6) is 0 Å². The molecular formula is C32H40N2O6. The smallest absolute Gasteiger partial charge is 0.329 e. The normalized spacial score (nSPS) is 37.1. The Hall–Kier alpha value is -3.15. The summed E-state index contributed by atoms with van der Waals surface area (Å²) in [4.78, 5) is 29.5. The highest BCUT2D eigenvalue weighted by molar-refractivity contribution is 5.96. The Morgan fingerprint density at radius 3 is 2.55 bits per heavy atom. The molecule has 1 aromatic carbocycles. The van der Waals surface area contributed by atoms with Gasteiger partial charge in [-0.2, -0.15) is 0 Å². The number of carboxylic acids is 1. The average Bonchev–Trinajstić information content (AvgIpc) is 3.22. The molecule has 0 aromatic heterocycles. The minimum Gasteiger partial charge on any atom is -0.480 e. The van der Waals surface area contributed by atoms with Crippen LogP contribution in [0.15, 0.2) is 47.1 Å². The van der Waals surface area contributed by atoms with E-state index in [0.29, 0.717) is 29.7 Å². The molecule has 0 heterocycles. The average molecular weight is 549 g/mol. The number of fused-ring (bicyclic) bond motifs is 5. The number of nitrogens with one attached hydrogen (secondary N) is 1. The summed E-state index contributed by atoms with van der Waals surface area (Å²) < 4.78 is 0. The second-order valence-electron chi connectivity index (χ2n) is 12.6. The zero-order valence-electron chi connectivity index (χ0n) is 23.3. The predicted molar refractivity (Wildman–Crippen MR) is 150 cm³/mol. The molecule has 40 heavy (non-hydrogen) atoms. The maximum Gasteiger partial charge on any atom is 0.329 e. The number of hydrogen-bond acceptors (Lipinski definition) is 6. The molecule has 0 radical (unpaired) electrons. The van der Waals surface area contributed by atoms with Crippen molar-refractivity contribution >= 4 is 17.6 Å². The molecule has 0 bridgehead atoms. The van der Waals surface area contributed by atoms with Crippen LogP contribution in [0.1, 0.15) is 76.9 Å². The zero-order valence-corrected chi connectivity index (χ0v) is 23.3. The van der Waals surface area contributed by atoms with Crippen molar-refractivity contribution in [2.75, 3.05) is 6.61 Å². The number of aliphatic hydroxyl groups excluding tert-OH is 1. The molecule has 1 amide bonds. The molecule has 8 atom stereocenters. The topological polar surface area (TPSA) is 128 Å². The summed E-state index contributed by atoms with van der Waals surface area (Å²) in [5.41, 5.74) is 1.40. The maximum atomic E-state index is 12.4. The molecule has 3 saturated carbocycles. The van der Waals surface area contributed by atoms with Crippen LogP contribution in [0.2, 0.25) is 0 Å². The summed E-state index contributed by atoms with van der Waals surface area (Å²) in [5, 5.41) is 37.7. The van der Waals surface area contributed by atoms with Gasteiger partial charge in [-0.25, -0.2) is 4.79 Å². The van der Waals surface area contributed by atoms with E-state index in [1.54, 1.807) is 30.3 Å². The number of aliphatic hydroxyl groups is 2. The van der Waals surface area contributed by atoms with Crippen LogP contribution < -0.4 is 5.32 Å². The van der Waals surface area contributed by atoms with E-state index in [1.165, 1.54) is 5.57 Å². The minimum absolute atomic E-state index is 0.0692. The van der Waals surface area contributed by atoms with E-state index in [4.69, 9.17) is 11.3 Å². The standard InChI is InChI=1S/C32H40N2O6/c1-4-32(39)17-14-25-23-11-10-21-18-22(12-15-30(21,2)24(23)13-16-31(25,32)3)34-40-19-26(35)33-27(29(37)38)28(36)20-8-6-5-7-9-20/h1,5-9,18,23-25,27-28,36,39H,10-17,19H2,2-3H3,(H,33,35)(H,37,38)/t23-,24-,25+,27-,28-,30-,31+,32-/m0/s1. The first-order valence-corrected chi connectivity index (χ1v) is 14.4. The molecule has 1 aromatic rings. The third-order valence-electron chi connectivity index (χ3n) is 10.8. The Balaban J connectivity index is 1.21. The lowest BCUT2D eigenvalue weighted by molar-refractivity contribution is -0.146. The van der Waals surface area contributed by atoms with E-state index in [0.717, 1.165) is 50.7 Å². The summed E-state index contributed by atoms with van der Waals surface area (Å²) in [6.45, 7) is 4.13. The molecule has 0 aliphatic heterocycles. The van der Waals surface area contributed by atoms with Gasteiger partial charge in [-0.15, -0.1) is 6.42 Å². The number of benzene rings is 1. The summed E-state index contributed by atoms with van der Waals surface area (Å²) in [7, 11) is 0. The molecule has 5 rings (SSSR count). The van der Waals surface area contributed by atoms with Gasteiger partial charge in [0.2, 0.25) is 0 Å². The van der Waals surface area contributed by atoms with E-state index in [1.807, 2.05) is 0 Å². The summed E-state index contributed by atoms with van der Waals surface area (Å²) >= 11 is 0. The second kappa shape index (κ2) is 10.7. The van der Waals surface area contributed by atoms with E-state index in [-0.39, 0.29) is 10.8 Å². The van der Waals surface area contributed by atoms with Crippen LogP contribution in [-0.4, -0.2) is 51.2 Å². The van der Waals surface area contributed by atoms with Gasteiger partial charge in [0.25, 0.3) is 5.91 Å². The van der Waals surface area contributed by atoms with Crippen LogP contribution in [0.25, 0.3) is 0 Å². The van der Waals surface area contributed by atoms with E-state index >= 15 is 0 Å². The number of carboxylic acid groups (broad SMARTS) is 1. The van der Waals surface area contributed by atoms with Gasteiger partial charge in [0.15, 0.2) is 12.6 Å². The molecule has 3 fully saturated rings. The molecule has 0 spiro atoms. The fourth-order valence-corrected chi connectivity index (χ4v) is 8.40. The lowest BCUT2D eigenvalue weighted by atomic mass is 9.46. The Bertz CT molecular complexity index is 1250.